The van der Waals surface area contributed by atoms with Crippen LogP contribution in [0, 0.1) is 0 Å². The number of hydrogen-bond acceptors (Lipinski definition) is 4. The van der Waals surface area contributed by atoms with E-state index in [0.29, 0.717) is 24.5 Å². The fourth-order valence-corrected chi connectivity index (χ4v) is 5.03. The van der Waals surface area contributed by atoms with Crippen molar-refractivity contribution in [2.45, 2.75) is 44.6 Å². The van der Waals surface area contributed by atoms with Gasteiger partial charge in [-0.05, 0) is 49.6 Å². The molecular weight excluding hydrogens is 364 g/mol. The summed E-state index contributed by atoms with van der Waals surface area (Å²) >= 11 is 0. The molecule has 0 saturated carbocycles. The van der Waals surface area contributed by atoms with Gasteiger partial charge in [0, 0.05) is 37.7 Å². The topological polar surface area (TPSA) is 75.5 Å². The molecule has 8 heteroatoms. The first-order chi connectivity index (χ1) is 12.9. The molecule has 146 valence electrons. The molecule has 0 aliphatic carbocycles. The highest BCUT2D eigenvalue weighted by molar-refractivity contribution is 7.89. The number of aromatic nitrogens is 2. The van der Waals surface area contributed by atoms with Crippen LogP contribution in [-0.2, 0) is 21.2 Å². The summed E-state index contributed by atoms with van der Waals surface area (Å²) in [5.74, 6) is -0.0426. The number of aryl methyl sites for hydroxylation is 1. The summed E-state index contributed by atoms with van der Waals surface area (Å²) in [4.78, 5) is 15.0. The predicted octanol–water partition coefficient (Wildman–Crippen LogP) is 2.45. The van der Waals surface area contributed by atoms with Crippen molar-refractivity contribution in [1.29, 1.82) is 0 Å². The number of benzene rings is 1. The van der Waals surface area contributed by atoms with Gasteiger partial charge in [0.2, 0.25) is 10.0 Å². The largest absolute Gasteiger partial charge is 0.310 e. The van der Waals surface area contributed by atoms with Crippen LogP contribution in [-0.4, -0.2) is 48.0 Å². The molecule has 27 heavy (non-hydrogen) atoms. The number of anilines is 1. The summed E-state index contributed by atoms with van der Waals surface area (Å²) in [6.07, 6.45) is 4.99. The molecule has 3 rings (SSSR count). The molecule has 2 aromatic rings. The summed E-state index contributed by atoms with van der Waals surface area (Å²) in [7, 11) is -3.51. The molecule has 0 N–H and O–H groups in total. The Bertz CT molecular complexity index is 905. The highest BCUT2D eigenvalue weighted by Crippen LogP contribution is 2.31. The van der Waals surface area contributed by atoms with Gasteiger partial charge in [-0.15, -0.1) is 0 Å². The van der Waals surface area contributed by atoms with Crippen molar-refractivity contribution >= 4 is 21.6 Å². The SMILES string of the molecule is CCN(CC)S(=O)(=O)c1ccc2c(c1)CCCN2C(=O)C(C)n1cccn1. The van der Waals surface area contributed by atoms with Crippen molar-refractivity contribution in [2.75, 3.05) is 24.5 Å². The molecule has 1 aromatic carbocycles. The summed E-state index contributed by atoms with van der Waals surface area (Å²) in [6, 6.07) is 6.47. The van der Waals surface area contributed by atoms with Crippen molar-refractivity contribution in [3.8, 4) is 0 Å². The number of carbonyl (C=O) groups is 1. The number of nitrogens with zero attached hydrogens (tertiary/aromatic N) is 4. The van der Waals surface area contributed by atoms with E-state index >= 15 is 0 Å². The summed E-state index contributed by atoms with van der Waals surface area (Å²) in [5.41, 5.74) is 1.69. The van der Waals surface area contributed by atoms with E-state index < -0.39 is 16.1 Å². The maximum atomic E-state index is 13.0. The lowest BCUT2D eigenvalue weighted by Gasteiger charge is -2.32. The summed E-state index contributed by atoms with van der Waals surface area (Å²) in [5, 5.41) is 4.16. The number of amides is 1. The van der Waals surface area contributed by atoms with Gasteiger partial charge in [0.25, 0.3) is 5.91 Å². The Hall–Kier alpha value is -2.19. The first-order valence-corrected chi connectivity index (χ1v) is 10.8. The number of sulfonamides is 1. The minimum Gasteiger partial charge on any atom is -0.310 e. The molecule has 0 bridgehead atoms. The molecule has 1 aliphatic rings. The standard InChI is InChI=1S/C19H26N4O3S/c1-4-21(5-2)27(25,26)17-9-10-18-16(14-17)8-6-12-22(18)19(24)15(3)23-13-7-11-20-23/h7,9-11,13-15H,4-6,8,12H2,1-3H3. The Labute approximate surface area is 160 Å². The lowest BCUT2D eigenvalue weighted by atomic mass is 10.0. The highest BCUT2D eigenvalue weighted by Gasteiger charge is 2.29. The third-order valence-corrected chi connectivity index (χ3v) is 7.10. The van der Waals surface area contributed by atoms with Crippen LogP contribution in [0.4, 0.5) is 5.69 Å². The predicted molar refractivity (Wildman–Crippen MR) is 104 cm³/mol. The van der Waals surface area contributed by atoms with Gasteiger partial charge in [-0.25, -0.2) is 8.42 Å². The zero-order valence-corrected chi connectivity index (χ0v) is 16.8. The number of hydrogen-bond donors (Lipinski definition) is 0. The van der Waals surface area contributed by atoms with Gasteiger partial charge in [-0.1, -0.05) is 13.8 Å². The van der Waals surface area contributed by atoms with E-state index in [0.717, 1.165) is 24.1 Å². The number of carbonyl (C=O) groups excluding carboxylic acids is 1. The Balaban J connectivity index is 1.92. The van der Waals surface area contributed by atoms with Gasteiger partial charge in [0.1, 0.15) is 6.04 Å². The first-order valence-electron chi connectivity index (χ1n) is 9.33. The van der Waals surface area contributed by atoms with Gasteiger partial charge in [0.05, 0.1) is 4.90 Å². The van der Waals surface area contributed by atoms with Crippen LogP contribution in [0.1, 0.15) is 38.8 Å². The van der Waals surface area contributed by atoms with Crippen LogP contribution in [0.2, 0.25) is 0 Å². The van der Waals surface area contributed by atoms with E-state index in [1.54, 1.807) is 46.2 Å². The zero-order valence-electron chi connectivity index (χ0n) is 16.0. The van der Waals surface area contributed by atoms with Gasteiger partial charge in [-0.3, -0.25) is 9.48 Å². The van der Waals surface area contributed by atoms with Gasteiger partial charge >= 0.3 is 0 Å². The van der Waals surface area contributed by atoms with Crippen molar-refractivity contribution in [3.05, 3.63) is 42.2 Å². The van der Waals surface area contributed by atoms with Crippen LogP contribution in [0.25, 0.3) is 0 Å². The minimum atomic E-state index is -3.51. The van der Waals surface area contributed by atoms with Crippen molar-refractivity contribution in [3.63, 3.8) is 0 Å². The van der Waals surface area contributed by atoms with Crippen molar-refractivity contribution < 1.29 is 13.2 Å². The molecule has 0 fully saturated rings. The molecule has 7 nitrogen and oxygen atoms in total. The fourth-order valence-electron chi connectivity index (χ4n) is 3.52. The van der Waals surface area contributed by atoms with Crippen LogP contribution in [0.15, 0.2) is 41.6 Å². The Kier molecular flexibility index (Phi) is 5.67. The summed E-state index contributed by atoms with van der Waals surface area (Å²) in [6.45, 7) is 6.97. The second-order valence-electron chi connectivity index (χ2n) is 6.64. The van der Waals surface area contributed by atoms with E-state index in [4.69, 9.17) is 0 Å². The third kappa shape index (κ3) is 3.64. The average molecular weight is 391 g/mol. The van der Waals surface area contributed by atoms with Gasteiger partial charge in [-0.2, -0.15) is 9.40 Å². The second kappa shape index (κ2) is 7.82. The van der Waals surface area contributed by atoms with E-state index in [9.17, 15) is 13.2 Å². The zero-order chi connectivity index (χ0) is 19.6. The molecule has 2 heterocycles. The maximum absolute atomic E-state index is 13.0. The van der Waals surface area contributed by atoms with E-state index in [-0.39, 0.29) is 5.91 Å². The van der Waals surface area contributed by atoms with E-state index in [2.05, 4.69) is 5.10 Å². The Morgan fingerprint density at radius 2 is 2.04 bits per heavy atom. The third-order valence-electron chi connectivity index (χ3n) is 5.06. The molecule has 0 saturated heterocycles. The first kappa shape index (κ1) is 19.6. The molecule has 1 aliphatic heterocycles. The van der Waals surface area contributed by atoms with E-state index in [1.807, 2.05) is 20.8 Å². The number of rotatable bonds is 6. The van der Waals surface area contributed by atoms with E-state index in [1.165, 1.54) is 4.31 Å². The highest BCUT2D eigenvalue weighted by atomic mass is 32.2. The monoisotopic (exact) mass is 390 g/mol. The lowest BCUT2D eigenvalue weighted by molar-refractivity contribution is -0.121. The minimum absolute atomic E-state index is 0.0426. The van der Waals surface area contributed by atoms with Crippen LogP contribution in [0.5, 0.6) is 0 Å². The molecular formula is C19H26N4O3S. The van der Waals surface area contributed by atoms with Gasteiger partial charge in [0.15, 0.2) is 0 Å². The fraction of sp³-hybridized carbons (Fsp3) is 0.474. The molecule has 0 spiro atoms. The van der Waals surface area contributed by atoms with Crippen molar-refractivity contribution in [1.82, 2.24) is 14.1 Å². The van der Waals surface area contributed by atoms with Crippen LogP contribution in [0.3, 0.4) is 0 Å². The second-order valence-corrected chi connectivity index (χ2v) is 8.57. The van der Waals surface area contributed by atoms with Crippen LogP contribution < -0.4 is 4.90 Å². The molecule has 1 amide bonds. The van der Waals surface area contributed by atoms with Crippen molar-refractivity contribution in [2.24, 2.45) is 0 Å². The Morgan fingerprint density at radius 3 is 2.67 bits per heavy atom. The molecule has 1 aromatic heterocycles. The summed E-state index contributed by atoms with van der Waals surface area (Å²) < 4.78 is 28.7. The van der Waals surface area contributed by atoms with Crippen LogP contribution >= 0.6 is 0 Å². The molecule has 0 radical (unpaired) electrons. The Morgan fingerprint density at radius 1 is 1.30 bits per heavy atom. The van der Waals surface area contributed by atoms with Gasteiger partial charge < -0.3 is 4.90 Å². The maximum Gasteiger partial charge on any atom is 0.251 e. The lowest BCUT2D eigenvalue weighted by Crippen LogP contribution is -2.40. The molecule has 1 atom stereocenters. The molecule has 1 unspecified atom stereocenters. The average Bonchev–Trinajstić information content (AvgIpc) is 3.21. The smallest absolute Gasteiger partial charge is 0.251 e. The quantitative estimate of drug-likeness (QED) is 0.759. The number of fused-ring (bicyclic) bond motifs is 1. The normalized spacial score (nSPS) is 15.6.